The van der Waals surface area contributed by atoms with E-state index in [1.54, 1.807) is 0 Å². The molecule has 18 heavy (non-hydrogen) atoms. The highest BCUT2D eigenvalue weighted by Gasteiger charge is 2.35. The molecule has 0 aliphatic carbocycles. The van der Waals surface area contributed by atoms with Crippen LogP contribution < -0.4 is 5.73 Å². The Hall–Kier alpha value is -0.610. The summed E-state index contributed by atoms with van der Waals surface area (Å²) in [7, 11) is 0. The van der Waals surface area contributed by atoms with Crippen LogP contribution in [0.4, 0.5) is 0 Å². The van der Waals surface area contributed by atoms with Crippen molar-refractivity contribution in [1.29, 1.82) is 0 Å². The lowest BCUT2D eigenvalue weighted by atomic mass is 9.86. The van der Waals surface area contributed by atoms with Crippen LogP contribution >= 0.6 is 0 Å². The standard InChI is InChI=1S/C14H29N3O/c1-6-16(7-2)11-8-9-17(10-11)13(18)12(15)14(3,4)5/h11-12H,6-10,15H2,1-5H3. The molecule has 106 valence electrons. The van der Waals surface area contributed by atoms with Crippen LogP contribution in [0.5, 0.6) is 0 Å². The molecule has 0 saturated carbocycles. The van der Waals surface area contributed by atoms with Gasteiger partial charge in [-0.15, -0.1) is 0 Å². The van der Waals surface area contributed by atoms with Crippen LogP contribution in [0, 0.1) is 5.41 Å². The van der Waals surface area contributed by atoms with Gasteiger partial charge >= 0.3 is 0 Å². The molecule has 1 saturated heterocycles. The number of carbonyl (C=O) groups excluding carboxylic acids is 1. The van der Waals surface area contributed by atoms with Gasteiger partial charge in [0.1, 0.15) is 0 Å². The molecule has 2 N–H and O–H groups in total. The molecule has 0 bridgehead atoms. The van der Waals surface area contributed by atoms with Crippen molar-refractivity contribution in [2.24, 2.45) is 11.1 Å². The average molecular weight is 255 g/mol. The Balaban J connectivity index is 2.59. The maximum atomic E-state index is 12.3. The molecular weight excluding hydrogens is 226 g/mol. The van der Waals surface area contributed by atoms with Gasteiger partial charge in [0.2, 0.25) is 5.91 Å². The van der Waals surface area contributed by atoms with E-state index in [1.165, 1.54) is 0 Å². The number of likely N-dealkylation sites (N-methyl/N-ethyl adjacent to an activating group) is 1. The number of likely N-dealkylation sites (tertiary alicyclic amines) is 1. The van der Waals surface area contributed by atoms with E-state index in [4.69, 9.17) is 5.73 Å². The molecule has 2 atom stereocenters. The van der Waals surface area contributed by atoms with Gasteiger partial charge in [0, 0.05) is 19.1 Å². The quantitative estimate of drug-likeness (QED) is 0.824. The second-order valence-corrected chi connectivity index (χ2v) is 6.29. The Morgan fingerprint density at radius 3 is 2.39 bits per heavy atom. The molecule has 4 heteroatoms. The molecule has 1 fully saturated rings. The van der Waals surface area contributed by atoms with Gasteiger partial charge in [0.05, 0.1) is 6.04 Å². The maximum Gasteiger partial charge on any atom is 0.240 e. The first-order valence-electron chi connectivity index (χ1n) is 7.09. The minimum atomic E-state index is -0.395. The van der Waals surface area contributed by atoms with Crippen molar-refractivity contribution in [1.82, 2.24) is 9.80 Å². The Bertz CT molecular complexity index is 281. The maximum absolute atomic E-state index is 12.3. The number of hydrogen-bond donors (Lipinski definition) is 1. The zero-order valence-corrected chi connectivity index (χ0v) is 12.6. The monoisotopic (exact) mass is 255 g/mol. The van der Waals surface area contributed by atoms with E-state index >= 15 is 0 Å². The average Bonchev–Trinajstić information content (AvgIpc) is 2.77. The molecule has 0 aromatic heterocycles. The van der Waals surface area contributed by atoms with E-state index in [-0.39, 0.29) is 11.3 Å². The first-order chi connectivity index (χ1) is 8.31. The molecule has 1 heterocycles. The number of amides is 1. The van der Waals surface area contributed by atoms with Gasteiger partial charge in [-0.2, -0.15) is 0 Å². The number of hydrogen-bond acceptors (Lipinski definition) is 3. The van der Waals surface area contributed by atoms with Crippen LogP contribution in [0.2, 0.25) is 0 Å². The number of nitrogens with two attached hydrogens (primary N) is 1. The Morgan fingerprint density at radius 2 is 1.94 bits per heavy atom. The first-order valence-corrected chi connectivity index (χ1v) is 7.09. The highest BCUT2D eigenvalue weighted by Crippen LogP contribution is 2.22. The molecule has 4 nitrogen and oxygen atoms in total. The summed E-state index contributed by atoms with van der Waals surface area (Å²) in [6.45, 7) is 14.2. The fourth-order valence-electron chi connectivity index (χ4n) is 2.55. The summed E-state index contributed by atoms with van der Waals surface area (Å²) < 4.78 is 0. The molecule has 1 aliphatic heterocycles. The minimum absolute atomic E-state index is 0.108. The lowest BCUT2D eigenvalue weighted by Crippen LogP contribution is -2.50. The lowest BCUT2D eigenvalue weighted by Gasteiger charge is -2.31. The molecule has 0 aromatic rings. The van der Waals surface area contributed by atoms with Gasteiger partial charge in [0.15, 0.2) is 0 Å². The predicted octanol–water partition coefficient (Wildman–Crippen LogP) is 1.30. The molecule has 0 radical (unpaired) electrons. The van der Waals surface area contributed by atoms with Crippen molar-refractivity contribution in [3.63, 3.8) is 0 Å². The third-order valence-corrected chi connectivity index (χ3v) is 4.00. The fraction of sp³-hybridized carbons (Fsp3) is 0.929. The van der Waals surface area contributed by atoms with Gasteiger partial charge in [-0.1, -0.05) is 34.6 Å². The summed E-state index contributed by atoms with van der Waals surface area (Å²) in [5.74, 6) is 0.108. The Morgan fingerprint density at radius 1 is 1.39 bits per heavy atom. The zero-order chi connectivity index (χ0) is 13.9. The summed E-state index contributed by atoms with van der Waals surface area (Å²) in [6, 6.07) is 0.115. The van der Waals surface area contributed by atoms with Gasteiger partial charge in [-0.3, -0.25) is 9.69 Å². The summed E-state index contributed by atoms with van der Waals surface area (Å²) in [5.41, 5.74) is 5.89. The van der Waals surface area contributed by atoms with Crippen LogP contribution in [0.25, 0.3) is 0 Å². The van der Waals surface area contributed by atoms with E-state index in [0.717, 1.165) is 32.6 Å². The van der Waals surface area contributed by atoms with Crippen LogP contribution in [0.1, 0.15) is 41.0 Å². The normalized spacial score (nSPS) is 22.6. The summed E-state index contributed by atoms with van der Waals surface area (Å²) in [6.07, 6.45) is 1.07. The summed E-state index contributed by atoms with van der Waals surface area (Å²) in [4.78, 5) is 16.7. The highest BCUT2D eigenvalue weighted by atomic mass is 16.2. The van der Waals surface area contributed by atoms with Crippen molar-refractivity contribution >= 4 is 5.91 Å². The highest BCUT2D eigenvalue weighted by molar-refractivity contribution is 5.82. The molecule has 1 rings (SSSR count). The van der Waals surface area contributed by atoms with Crippen molar-refractivity contribution in [2.75, 3.05) is 26.2 Å². The number of carbonyl (C=O) groups is 1. The molecule has 1 amide bonds. The van der Waals surface area contributed by atoms with Crippen molar-refractivity contribution in [3.05, 3.63) is 0 Å². The van der Waals surface area contributed by atoms with E-state index in [2.05, 4.69) is 18.7 Å². The number of nitrogens with zero attached hydrogens (tertiary/aromatic N) is 2. The van der Waals surface area contributed by atoms with E-state index in [1.807, 2.05) is 25.7 Å². The predicted molar refractivity (Wildman–Crippen MR) is 75.3 cm³/mol. The SMILES string of the molecule is CCN(CC)C1CCN(C(=O)C(N)C(C)(C)C)C1. The Kier molecular flexibility index (Phi) is 5.17. The second kappa shape index (κ2) is 6.02. The summed E-state index contributed by atoms with van der Waals surface area (Å²) in [5, 5.41) is 0. The zero-order valence-electron chi connectivity index (χ0n) is 12.6. The van der Waals surface area contributed by atoms with Crippen molar-refractivity contribution in [3.8, 4) is 0 Å². The third-order valence-electron chi connectivity index (χ3n) is 4.00. The van der Waals surface area contributed by atoms with E-state index in [0.29, 0.717) is 6.04 Å². The van der Waals surface area contributed by atoms with Crippen LogP contribution in [0.3, 0.4) is 0 Å². The Labute approximate surface area is 111 Å². The lowest BCUT2D eigenvalue weighted by molar-refractivity contribution is -0.134. The largest absolute Gasteiger partial charge is 0.340 e. The van der Waals surface area contributed by atoms with Crippen LogP contribution in [-0.4, -0.2) is 54.0 Å². The van der Waals surface area contributed by atoms with E-state index in [9.17, 15) is 4.79 Å². The summed E-state index contributed by atoms with van der Waals surface area (Å²) >= 11 is 0. The minimum Gasteiger partial charge on any atom is -0.340 e. The topological polar surface area (TPSA) is 49.6 Å². The van der Waals surface area contributed by atoms with Crippen LogP contribution in [0.15, 0.2) is 0 Å². The van der Waals surface area contributed by atoms with E-state index < -0.39 is 6.04 Å². The molecule has 0 spiro atoms. The third kappa shape index (κ3) is 3.45. The molecular formula is C14H29N3O. The molecule has 0 aromatic carbocycles. The smallest absolute Gasteiger partial charge is 0.240 e. The second-order valence-electron chi connectivity index (χ2n) is 6.29. The first kappa shape index (κ1) is 15.4. The van der Waals surface area contributed by atoms with Gasteiger partial charge in [-0.25, -0.2) is 0 Å². The molecule has 2 unspecified atom stereocenters. The van der Waals surface area contributed by atoms with Crippen molar-refractivity contribution < 1.29 is 4.79 Å². The van der Waals surface area contributed by atoms with Gasteiger partial charge in [0.25, 0.3) is 0 Å². The van der Waals surface area contributed by atoms with Gasteiger partial charge in [-0.05, 0) is 24.9 Å². The fourth-order valence-corrected chi connectivity index (χ4v) is 2.55. The van der Waals surface area contributed by atoms with Gasteiger partial charge < -0.3 is 10.6 Å². The van der Waals surface area contributed by atoms with Crippen molar-refractivity contribution in [2.45, 2.75) is 53.1 Å². The molecule has 1 aliphatic rings. The number of rotatable bonds is 4. The van der Waals surface area contributed by atoms with Crippen LogP contribution in [-0.2, 0) is 4.79 Å².